The number of hydrogen-bond donors (Lipinski definition) is 2. The van der Waals surface area contributed by atoms with Gasteiger partial charge in [-0.15, -0.1) is 0 Å². The fraction of sp³-hybridized carbons (Fsp3) is 0.118. The van der Waals surface area contributed by atoms with Crippen LogP contribution in [0.2, 0.25) is 0 Å². The molecule has 3 nitrogen and oxygen atoms in total. The first-order valence-corrected chi connectivity index (χ1v) is 6.74. The summed E-state index contributed by atoms with van der Waals surface area (Å²) in [6.07, 6.45) is 3.74. The maximum Gasteiger partial charge on any atom is 0.0565 e. The third kappa shape index (κ3) is 3.13. The van der Waals surface area contributed by atoms with E-state index in [1.54, 1.807) is 0 Å². The van der Waals surface area contributed by atoms with Crippen molar-refractivity contribution >= 4 is 0 Å². The van der Waals surface area contributed by atoms with Crippen molar-refractivity contribution in [2.45, 2.75) is 13.1 Å². The lowest BCUT2D eigenvalue weighted by Crippen LogP contribution is -2.12. The van der Waals surface area contributed by atoms with Gasteiger partial charge < -0.3 is 5.32 Å². The fourth-order valence-corrected chi connectivity index (χ4v) is 2.17. The zero-order valence-corrected chi connectivity index (χ0v) is 11.2. The molecule has 0 aliphatic carbocycles. The maximum atomic E-state index is 3.97. The van der Waals surface area contributed by atoms with Gasteiger partial charge in [-0.05, 0) is 16.7 Å². The third-order valence-corrected chi connectivity index (χ3v) is 3.29. The van der Waals surface area contributed by atoms with Crippen LogP contribution in [-0.2, 0) is 13.1 Å². The highest BCUT2D eigenvalue weighted by Crippen LogP contribution is 2.17. The summed E-state index contributed by atoms with van der Waals surface area (Å²) >= 11 is 0. The van der Waals surface area contributed by atoms with E-state index in [0.717, 1.165) is 18.7 Å². The van der Waals surface area contributed by atoms with Gasteiger partial charge in [0.15, 0.2) is 0 Å². The first kappa shape index (κ1) is 12.6. The Bertz CT molecular complexity index is 628. The van der Waals surface area contributed by atoms with Crippen LogP contribution in [0.25, 0.3) is 11.1 Å². The van der Waals surface area contributed by atoms with E-state index < -0.39 is 0 Å². The van der Waals surface area contributed by atoms with E-state index in [2.05, 4.69) is 64.0 Å². The van der Waals surface area contributed by atoms with Crippen LogP contribution in [0, 0.1) is 0 Å². The quantitative estimate of drug-likeness (QED) is 0.741. The number of nitrogens with one attached hydrogen (secondary N) is 2. The molecule has 3 rings (SSSR count). The minimum absolute atomic E-state index is 0.876. The second-order valence-electron chi connectivity index (χ2n) is 4.77. The number of hydrogen-bond acceptors (Lipinski definition) is 2. The van der Waals surface area contributed by atoms with Crippen molar-refractivity contribution in [3.63, 3.8) is 0 Å². The molecule has 100 valence electrons. The minimum atomic E-state index is 0.876. The number of aromatic nitrogens is 2. The van der Waals surface area contributed by atoms with E-state index in [1.807, 2.05) is 18.5 Å². The monoisotopic (exact) mass is 263 g/mol. The summed E-state index contributed by atoms with van der Waals surface area (Å²) in [5.74, 6) is 0. The molecule has 0 bridgehead atoms. The highest BCUT2D eigenvalue weighted by molar-refractivity contribution is 5.61. The summed E-state index contributed by atoms with van der Waals surface area (Å²) in [4.78, 5) is 0. The average molecular weight is 263 g/mol. The van der Waals surface area contributed by atoms with E-state index in [4.69, 9.17) is 0 Å². The van der Waals surface area contributed by atoms with Crippen LogP contribution in [0.15, 0.2) is 67.0 Å². The lowest BCUT2D eigenvalue weighted by atomic mass is 10.1. The first-order chi connectivity index (χ1) is 9.92. The zero-order valence-electron chi connectivity index (χ0n) is 11.2. The van der Waals surface area contributed by atoms with Gasteiger partial charge >= 0.3 is 0 Å². The van der Waals surface area contributed by atoms with Crippen LogP contribution in [0.5, 0.6) is 0 Å². The largest absolute Gasteiger partial charge is 0.309 e. The number of H-pyrrole nitrogens is 1. The lowest BCUT2D eigenvalue weighted by molar-refractivity contribution is 0.693. The van der Waals surface area contributed by atoms with Gasteiger partial charge in [0.25, 0.3) is 0 Å². The van der Waals surface area contributed by atoms with Crippen LogP contribution in [-0.4, -0.2) is 10.2 Å². The first-order valence-electron chi connectivity index (χ1n) is 6.74. The van der Waals surface area contributed by atoms with Gasteiger partial charge in [0, 0.05) is 24.8 Å². The second kappa shape index (κ2) is 6.17. The number of nitrogens with zero attached hydrogens (tertiary/aromatic N) is 1. The van der Waals surface area contributed by atoms with Crippen molar-refractivity contribution in [1.29, 1.82) is 0 Å². The Morgan fingerprint density at radius 3 is 2.15 bits per heavy atom. The van der Waals surface area contributed by atoms with Gasteiger partial charge in [-0.1, -0.05) is 54.6 Å². The number of rotatable bonds is 5. The van der Waals surface area contributed by atoms with Crippen LogP contribution in [0.1, 0.15) is 11.1 Å². The number of benzene rings is 2. The van der Waals surface area contributed by atoms with Gasteiger partial charge in [-0.2, -0.15) is 5.10 Å². The van der Waals surface area contributed by atoms with Crippen LogP contribution in [0.3, 0.4) is 0 Å². The maximum absolute atomic E-state index is 3.97. The van der Waals surface area contributed by atoms with Crippen molar-refractivity contribution in [2.24, 2.45) is 0 Å². The van der Waals surface area contributed by atoms with Gasteiger partial charge in [0.2, 0.25) is 0 Å². The van der Waals surface area contributed by atoms with Crippen molar-refractivity contribution in [3.05, 3.63) is 78.1 Å². The topological polar surface area (TPSA) is 40.7 Å². The fourth-order valence-electron chi connectivity index (χ4n) is 2.17. The van der Waals surface area contributed by atoms with Gasteiger partial charge in [-0.25, -0.2) is 0 Å². The van der Waals surface area contributed by atoms with Crippen LogP contribution < -0.4 is 5.32 Å². The molecule has 0 atom stereocenters. The lowest BCUT2D eigenvalue weighted by Gasteiger charge is -2.06. The Balaban J connectivity index is 1.56. The molecule has 0 aliphatic rings. The molecule has 1 heterocycles. The Morgan fingerprint density at radius 2 is 1.50 bits per heavy atom. The summed E-state index contributed by atoms with van der Waals surface area (Å²) in [7, 11) is 0. The molecule has 0 saturated carbocycles. The highest BCUT2D eigenvalue weighted by atomic mass is 15.1. The summed E-state index contributed by atoms with van der Waals surface area (Å²) in [6.45, 7) is 1.77. The molecule has 0 aliphatic heterocycles. The Hall–Kier alpha value is -2.39. The third-order valence-electron chi connectivity index (χ3n) is 3.29. The number of aromatic amines is 1. The normalized spacial score (nSPS) is 10.6. The summed E-state index contributed by atoms with van der Waals surface area (Å²) < 4.78 is 0. The molecule has 0 radical (unpaired) electrons. The molecule has 20 heavy (non-hydrogen) atoms. The molecule has 3 heteroatoms. The van der Waals surface area contributed by atoms with Gasteiger partial charge in [0.05, 0.1) is 6.20 Å². The molecule has 2 aromatic carbocycles. The minimum Gasteiger partial charge on any atom is -0.309 e. The van der Waals surface area contributed by atoms with E-state index in [9.17, 15) is 0 Å². The highest BCUT2D eigenvalue weighted by Gasteiger charge is 1.99. The molecule has 0 amide bonds. The van der Waals surface area contributed by atoms with Crippen molar-refractivity contribution in [3.8, 4) is 11.1 Å². The molecular weight excluding hydrogens is 246 g/mol. The molecule has 3 aromatic rings. The summed E-state index contributed by atoms with van der Waals surface area (Å²) in [5.41, 5.74) is 4.90. The van der Waals surface area contributed by atoms with Crippen molar-refractivity contribution in [1.82, 2.24) is 15.5 Å². The van der Waals surface area contributed by atoms with E-state index in [1.165, 1.54) is 16.7 Å². The Kier molecular flexibility index (Phi) is 3.90. The molecule has 0 spiro atoms. The molecule has 0 saturated heterocycles. The predicted octanol–water partition coefficient (Wildman–Crippen LogP) is 3.37. The molecular formula is C17H17N3. The van der Waals surface area contributed by atoms with Crippen molar-refractivity contribution in [2.75, 3.05) is 0 Å². The summed E-state index contributed by atoms with van der Waals surface area (Å²) in [6, 6.07) is 19.0. The van der Waals surface area contributed by atoms with Gasteiger partial charge in [-0.3, -0.25) is 5.10 Å². The second-order valence-corrected chi connectivity index (χ2v) is 4.77. The predicted molar refractivity (Wildman–Crippen MR) is 81.0 cm³/mol. The molecule has 2 N–H and O–H groups in total. The zero-order chi connectivity index (χ0) is 13.6. The van der Waals surface area contributed by atoms with Crippen LogP contribution >= 0.6 is 0 Å². The average Bonchev–Trinajstić information content (AvgIpc) is 3.03. The SMILES string of the molecule is c1ccc(CNCc2ccc(-c3cn[nH]c3)cc2)cc1. The molecule has 0 unspecified atom stereocenters. The van der Waals surface area contributed by atoms with Crippen molar-refractivity contribution < 1.29 is 0 Å². The Morgan fingerprint density at radius 1 is 0.800 bits per heavy atom. The summed E-state index contributed by atoms with van der Waals surface area (Å²) in [5, 5.41) is 10.3. The van der Waals surface area contributed by atoms with E-state index in [-0.39, 0.29) is 0 Å². The smallest absolute Gasteiger partial charge is 0.0565 e. The Labute approximate surface area is 118 Å². The van der Waals surface area contributed by atoms with E-state index >= 15 is 0 Å². The molecule has 0 fully saturated rings. The standard InChI is InChI=1S/C17H17N3/c1-2-4-14(5-3-1)10-18-11-15-6-8-16(9-7-15)17-12-19-20-13-17/h1-9,12-13,18H,10-11H2,(H,19,20). The van der Waals surface area contributed by atoms with Crippen LogP contribution in [0.4, 0.5) is 0 Å². The molecule has 1 aromatic heterocycles. The van der Waals surface area contributed by atoms with Gasteiger partial charge in [0.1, 0.15) is 0 Å². The van der Waals surface area contributed by atoms with E-state index in [0.29, 0.717) is 0 Å².